The Hall–Kier alpha value is -2.86. The highest BCUT2D eigenvalue weighted by molar-refractivity contribution is 6.01. The van der Waals surface area contributed by atoms with E-state index in [-0.39, 0.29) is 17.7 Å². The van der Waals surface area contributed by atoms with Gasteiger partial charge in [-0.05, 0) is 62.2 Å². The first kappa shape index (κ1) is 23.8. The number of benzene rings is 2. The third-order valence-corrected chi connectivity index (χ3v) is 6.17. The molecule has 32 heavy (non-hydrogen) atoms. The quantitative estimate of drug-likeness (QED) is 0.692. The zero-order chi connectivity index (χ0) is 23.3. The van der Waals surface area contributed by atoms with E-state index in [1.165, 1.54) is 5.69 Å². The van der Waals surface area contributed by atoms with Gasteiger partial charge in [0.15, 0.2) is 0 Å². The summed E-state index contributed by atoms with van der Waals surface area (Å²) in [6.45, 7) is 15.4. The minimum absolute atomic E-state index is 0.0420. The highest BCUT2D eigenvalue weighted by Crippen LogP contribution is 2.25. The number of hydrogen-bond acceptors (Lipinski definition) is 4. The normalized spacial score (nSPS) is 15.5. The number of piperazine rings is 1. The largest absolute Gasteiger partial charge is 0.369 e. The zero-order valence-corrected chi connectivity index (χ0v) is 19.9. The third-order valence-electron chi connectivity index (χ3n) is 6.17. The number of amides is 2. The minimum atomic E-state index is -0.620. The van der Waals surface area contributed by atoms with Gasteiger partial charge in [0.2, 0.25) is 5.91 Å². The van der Waals surface area contributed by atoms with Gasteiger partial charge in [-0.3, -0.25) is 9.59 Å². The Morgan fingerprint density at radius 3 is 2.19 bits per heavy atom. The maximum Gasteiger partial charge on any atom is 0.251 e. The molecule has 1 fully saturated rings. The van der Waals surface area contributed by atoms with Gasteiger partial charge < -0.3 is 20.4 Å². The summed E-state index contributed by atoms with van der Waals surface area (Å²) in [6, 6.07) is 12.8. The molecule has 6 nitrogen and oxygen atoms in total. The van der Waals surface area contributed by atoms with E-state index in [2.05, 4.69) is 40.3 Å². The lowest BCUT2D eigenvalue weighted by Gasteiger charge is -2.36. The first-order chi connectivity index (χ1) is 15.3. The van der Waals surface area contributed by atoms with Gasteiger partial charge in [-0.25, -0.2) is 0 Å². The maximum absolute atomic E-state index is 13.0. The topological polar surface area (TPSA) is 64.7 Å². The molecule has 0 radical (unpaired) electrons. The van der Waals surface area contributed by atoms with Gasteiger partial charge in [0.05, 0.1) is 0 Å². The summed E-state index contributed by atoms with van der Waals surface area (Å²) in [4.78, 5) is 30.5. The van der Waals surface area contributed by atoms with E-state index in [0.717, 1.165) is 49.5 Å². The van der Waals surface area contributed by atoms with E-state index in [0.29, 0.717) is 5.56 Å². The molecule has 2 aromatic rings. The molecule has 1 aliphatic heterocycles. The fourth-order valence-corrected chi connectivity index (χ4v) is 4.08. The van der Waals surface area contributed by atoms with Crippen LogP contribution in [-0.2, 0) is 4.79 Å². The lowest BCUT2D eigenvalue weighted by molar-refractivity contribution is -0.118. The Balaban J connectivity index is 1.65. The number of carbonyl (C=O) groups is 2. The van der Waals surface area contributed by atoms with Crippen LogP contribution in [0.1, 0.15) is 42.3 Å². The molecule has 2 amide bonds. The molecule has 0 aromatic heterocycles. The Kier molecular flexibility index (Phi) is 7.91. The van der Waals surface area contributed by atoms with Crippen molar-refractivity contribution in [3.63, 3.8) is 0 Å². The molecule has 2 N–H and O–H groups in total. The van der Waals surface area contributed by atoms with Gasteiger partial charge >= 0.3 is 0 Å². The molecule has 0 bridgehead atoms. The highest BCUT2D eigenvalue weighted by atomic mass is 16.2. The third kappa shape index (κ3) is 5.88. The van der Waals surface area contributed by atoms with Gasteiger partial charge in [0.1, 0.15) is 6.04 Å². The predicted octanol–water partition coefficient (Wildman–Crippen LogP) is 3.84. The fourth-order valence-electron chi connectivity index (χ4n) is 4.08. The number of aryl methyl sites for hydroxylation is 2. The minimum Gasteiger partial charge on any atom is -0.369 e. The Morgan fingerprint density at radius 2 is 1.62 bits per heavy atom. The van der Waals surface area contributed by atoms with Crippen LogP contribution < -0.4 is 15.5 Å². The number of hydrogen-bond donors (Lipinski definition) is 2. The second-order valence-corrected chi connectivity index (χ2v) is 8.97. The van der Waals surface area contributed by atoms with E-state index in [9.17, 15) is 9.59 Å². The molecular formula is C26H36N4O2. The summed E-state index contributed by atoms with van der Waals surface area (Å²) in [5.41, 5.74) is 4.74. The number of carbonyl (C=O) groups excluding carboxylic acids is 2. The van der Waals surface area contributed by atoms with Crippen molar-refractivity contribution >= 4 is 23.2 Å². The molecule has 6 heteroatoms. The van der Waals surface area contributed by atoms with Gasteiger partial charge in [0, 0.05) is 43.1 Å². The molecule has 1 heterocycles. The van der Waals surface area contributed by atoms with Crippen LogP contribution in [0.3, 0.4) is 0 Å². The lowest BCUT2D eigenvalue weighted by atomic mass is 10.0. The number of nitrogens with one attached hydrogen (secondary N) is 2. The second kappa shape index (κ2) is 10.6. The van der Waals surface area contributed by atoms with E-state index in [4.69, 9.17) is 0 Å². The summed E-state index contributed by atoms with van der Waals surface area (Å²) in [5.74, 6) is -0.486. The smallest absolute Gasteiger partial charge is 0.251 e. The van der Waals surface area contributed by atoms with Gasteiger partial charge in [-0.1, -0.05) is 38.5 Å². The Bertz CT molecular complexity index is 931. The van der Waals surface area contributed by atoms with Crippen LogP contribution in [-0.4, -0.2) is 55.5 Å². The SMILES string of the molecule is CCN1CCN(c2ccc(NC(=O)[C@@H](NC(=O)c3ccc(C)cc3)C(C)C)cc2C)CC1. The monoisotopic (exact) mass is 436 g/mol. The first-order valence-electron chi connectivity index (χ1n) is 11.5. The van der Waals surface area contributed by atoms with E-state index in [1.807, 2.05) is 45.0 Å². The van der Waals surface area contributed by atoms with Gasteiger partial charge in [-0.15, -0.1) is 0 Å². The fraction of sp³-hybridized carbons (Fsp3) is 0.462. The second-order valence-electron chi connectivity index (χ2n) is 8.97. The summed E-state index contributed by atoms with van der Waals surface area (Å²) < 4.78 is 0. The molecule has 1 atom stereocenters. The Morgan fingerprint density at radius 1 is 0.969 bits per heavy atom. The van der Waals surface area contributed by atoms with Crippen LogP contribution in [0.4, 0.5) is 11.4 Å². The number of anilines is 2. The summed E-state index contributed by atoms with van der Waals surface area (Å²) in [6.07, 6.45) is 0. The average molecular weight is 437 g/mol. The summed E-state index contributed by atoms with van der Waals surface area (Å²) in [7, 11) is 0. The zero-order valence-electron chi connectivity index (χ0n) is 19.9. The molecule has 3 rings (SSSR count). The van der Waals surface area contributed by atoms with Crippen molar-refractivity contribution in [1.82, 2.24) is 10.2 Å². The number of nitrogens with zero attached hydrogens (tertiary/aromatic N) is 2. The number of likely N-dealkylation sites (N-methyl/N-ethyl adjacent to an activating group) is 1. The van der Waals surface area contributed by atoms with Crippen molar-refractivity contribution in [3.8, 4) is 0 Å². The van der Waals surface area contributed by atoms with E-state index in [1.54, 1.807) is 12.1 Å². The van der Waals surface area contributed by atoms with Crippen LogP contribution in [0.5, 0.6) is 0 Å². The molecular weight excluding hydrogens is 400 g/mol. The molecule has 0 saturated carbocycles. The number of rotatable bonds is 7. The van der Waals surface area contributed by atoms with Gasteiger partial charge in [0.25, 0.3) is 5.91 Å². The standard InChI is InChI=1S/C26H36N4O2/c1-6-29-13-15-30(16-14-29)23-12-11-22(17-20(23)5)27-26(32)24(18(2)3)28-25(31)21-9-7-19(4)8-10-21/h7-12,17-18,24H,6,13-16H2,1-5H3,(H,27,32)(H,28,31)/t24-/m0/s1. The van der Waals surface area contributed by atoms with Crippen molar-refractivity contribution < 1.29 is 9.59 Å². The molecule has 0 unspecified atom stereocenters. The lowest BCUT2D eigenvalue weighted by Crippen LogP contribution is -2.47. The molecule has 172 valence electrons. The average Bonchev–Trinajstić information content (AvgIpc) is 2.77. The summed E-state index contributed by atoms with van der Waals surface area (Å²) >= 11 is 0. The molecule has 0 aliphatic carbocycles. The Labute approximate surface area is 192 Å². The van der Waals surface area contributed by atoms with E-state index >= 15 is 0 Å². The van der Waals surface area contributed by atoms with Crippen LogP contribution in [0.25, 0.3) is 0 Å². The van der Waals surface area contributed by atoms with E-state index < -0.39 is 6.04 Å². The van der Waals surface area contributed by atoms with Crippen LogP contribution in [0.15, 0.2) is 42.5 Å². The molecule has 0 spiro atoms. The highest BCUT2D eigenvalue weighted by Gasteiger charge is 2.25. The van der Waals surface area contributed by atoms with Crippen LogP contribution in [0.2, 0.25) is 0 Å². The van der Waals surface area contributed by atoms with Crippen LogP contribution in [0, 0.1) is 19.8 Å². The first-order valence-corrected chi connectivity index (χ1v) is 11.5. The molecule has 1 saturated heterocycles. The van der Waals surface area contributed by atoms with Crippen LogP contribution >= 0.6 is 0 Å². The molecule has 1 aliphatic rings. The van der Waals surface area contributed by atoms with Gasteiger partial charge in [-0.2, -0.15) is 0 Å². The van der Waals surface area contributed by atoms with Crippen molar-refractivity contribution in [3.05, 3.63) is 59.2 Å². The van der Waals surface area contributed by atoms with Crippen molar-refractivity contribution in [2.24, 2.45) is 5.92 Å². The predicted molar refractivity (Wildman–Crippen MR) is 131 cm³/mol. The molecule has 2 aromatic carbocycles. The summed E-state index contributed by atoms with van der Waals surface area (Å²) in [5, 5.41) is 5.89. The maximum atomic E-state index is 13.0. The van der Waals surface area contributed by atoms with Crippen molar-refractivity contribution in [2.45, 2.75) is 40.7 Å². The van der Waals surface area contributed by atoms with Crippen molar-refractivity contribution in [2.75, 3.05) is 42.9 Å². The van der Waals surface area contributed by atoms with Crippen molar-refractivity contribution in [1.29, 1.82) is 0 Å².